The van der Waals surface area contributed by atoms with Crippen molar-refractivity contribution >= 4 is 23.5 Å². The molecule has 1 aliphatic carbocycles. The summed E-state index contributed by atoms with van der Waals surface area (Å²) in [6, 6.07) is 6.52. The lowest BCUT2D eigenvalue weighted by Crippen LogP contribution is -2.37. The minimum absolute atomic E-state index is 0.222. The molecule has 0 saturated heterocycles. The normalized spacial score (nSPS) is 13.6. The van der Waals surface area contributed by atoms with Gasteiger partial charge in [-0.1, -0.05) is 6.07 Å². The SMILES string of the molecule is CC(=O)Nc1cccc(C(=O)N(CC(=O)O)CC2CC2)c1. The highest BCUT2D eigenvalue weighted by atomic mass is 16.4. The molecule has 2 N–H and O–H groups in total. The molecule has 1 aliphatic rings. The van der Waals surface area contributed by atoms with E-state index in [2.05, 4.69) is 5.32 Å². The van der Waals surface area contributed by atoms with Gasteiger partial charge in [0.05, 0.1) is 0 Å². The smallest absolute Gasteiger partial charge is 0.323 e. The van der Waals surface area contributed by atoms with Gasteiger partial charge in [-0.15, -0.1) is 0 Å². The van der Waals surface area contributed by atoms with Gasteiger partial charge >= 0.3 is 5.97 Å². The average Bonchev–Trinajstić information content (AvgIpc) is 3.20. The summed E-state index contributed by atoms with van der Waals surface area (Å²) in [7, 11) is 0. The van der Waals surface area contributed by atoms with Gasteiger partial charge in [0, 0.05) is 24.7 Å². The van der Waals surface area contributed by atoms with Gasteiger partial charge in [-0.25, -0.2) is 0 Å². The fourth-order valence-corrected chi connectivity index (χ4v) is 2.11. The summed E-state index contributed by atoms with van der Waals surface area (Å²) in [6.45, 7) is 1.55. The second-order valence-corrected chi connectivity index (χ2v) is 5.28. The Balaban J connectivity index is 2.14. The first-order chi connectivity index (χ1) is 9.95. The number of carbonyl (C=O) groups is 3. The van der Waals surface area contributed by atoms with E-state index in [-0.39, 0.29) is 18.4 Å². The summed E-state index contributed by atoms with van der Waals surface area (Å²) in [5.74, 6) is -1.16. The van der Waals surface area contributed by atoms with Crippen LogP contribution in [0.1, 0.15) is 30.1 Å². The standard InChI is InChI=1S/C15H18N2O4/c1-10(18)16-13-4-2-3-12(7-13)15(21)17(9-14(19)20)8-11-5-6-11/h2-4,7,11H,5-6,8-9H2,1H3,(H,16,18)(H,19,20). The van der Waals surface area contributed by atoms with Gasteiger partial charge in [-0.2, -0.15) is 0 Å². The van der Waals surface area contributed by atoms with Gasteiger partial charge in [-0.05, 0) is 37.0 Å². The molecule has 0 bridgehead atoms. The largest absolute Gasteiger partial charge is 0.480 e. The maximum atomic E-state index is 12.4. The van der Waals surface area contributed by atoms with Gasteiger partial charge < -0.3 is 15.3 Å². The molecule has 1 aromatic rings. The molecular formula is C15H18N2O4. The summed E-state index contributed by atoms with van der Waals surface area (Å²) in [4.78, 5) is 35.7. The maximum Gasteiger partial charge on any atom is 0.323 e. The predicted molar refractivity (Wildman–Crippen MR) is 77.0 cm³/mol. The molecule has 2 rings (SSSR count). The Hall–Kier alpha value is -2.37. The Morgan fingerprint density at radius 3 is 2.62 bits per heavy atom. The quantitative estimate of drug-likeness (QED) is 0.832. The van der Waals surface area contributed by atoms with Crippen LogP contribution >= 0.6 is 0 Å². The number of nitrogens with one attached hydrogen (secondary N) is 1. The van der Waals surface area contributed by atoms with Gasteiger partial charge in [0.15, 0.2) is 0 Å². The highest BCUT2D eigenvalue weighted by molar-refractivity contribution is 5.98. The molecule has 6 nitrogen and oxygen atoms in total. The molecule has 1 fully saturated rings. The molecule has 0 atom stereocenters. The van der Waals surface area contributed by atoms with Crippen LogP contribution in [0.15, 0.2) is 24.3 Å². The summed E-state index contributed by atoms with van der Waals surface area (Å²) in [5.41, 5.74) is 0.901. The Kier molecular flexibility index (Phi) is 4.57. The molecule has 1 saturated carbocycles. The van der Waals surface area contributed by atoms with Crippen molar-refractivity contribution in [1.82, 2.24) is 4.90 Å². The zero-order valence-corrected chi connectivity index (χ0v) is 11.8. The van der Waals surface area contributed by atoms with Crippen LogP contribution in [-0.4, -0.2) is 40.9 Å². The van der Waals surface area contributed by atoms with Gasteiger partial charge in [0.1, 0.15) is 6.54 Å². The lowest BCUT2D eigenvalue weighted by atomic mass is 10.1. The number of hydrogen-bond donors (Lipinski definition) is 2. The number of nitrogens with zero attached hydrogens (tertiary/aromatic N) is 1. The molecule has 0 aromatic heterocycles. The molecule has 0 spiro atoms. The van der Waals surface area contributed by atoms with Crippen LogP contribution in [-0.2, 0) is 9.59 Å². The highest BCUT2D eigenvalue weighted by Crippen LogP contribution is 2.30. The number of hydrogen-bond acceptors (Lipinski definition) is 3. The molecule has 0 radical (unpaired) electrons. The van der Waals surface area contributed by atoms with Crippen molar-refractivity contribution in [1.29, 1.82) is 0 Å². The summed E-state index contributed by atoms with van der Waals surface area (Å²) in [6.07, 6.45) is 2.07. The van der Waals surface area contributed by atoms with Crippen molar-refractivity contribution in [2.24, 2.45) is 5.92 Å². The number of carboxylic acids is 1. The number of aliphatic carboxylic acids is 1. The molecule has 112 valence electrons. The molecule has 6 heteroatoms. The first-order valence-corrected chi connectivity index (χ1v) is 6.84. The van der Waals surface area contributed by atoms with E-state index in [1.54, 1.807) is 24.3 Å². The van der Waals surface area contributed by atoms with Gasteiger partial charge in [-0.3, -0.25) is 14.4 Å². The number of anilines is 1. The zero-order chi connectivity index (χ0) is 15.4. The van der Waals surface area contributed by atoms with E-state index in [0.717, 1.165) is 12.8 Å². The summed E-state index contributed by atoms with van der Waals surface area (Å²) >= 11 is 0. The molecule has 21 heavy (non-hydrogen) atoms. The second-order valence-electron chi connectivity index (χ2n) is 5.28. The maximum absolute atomic E-state index is 12.4. The molecule has 0 unspecified atom stereocenters. The predicted octanol–water partition coefficient (Wildman–Crippen LogP) is 1.58. The zero-order valence-electron chi connectivity index (χ0n) is 11.8. The molecule has 2 amide bonds. The minimum atomic E-state index is -1.03. The van der Waals surface area contributed by atoms with Gasteiger partial charge in [0.2, 0.25) is 5.91 Å². The number of benzene rings is 1. The minimum Gasteiger partial charge on any atom is -0.480 e. The van der Waals surface area contributed by atoms with Crippen LogP contribution in [0.25, 0.3) is 0 Å². The molecule has 0 heterocycles. The fourth-order valence-electron chi connectivity index (χ4n) is 2.11. The fraction of sp³-hybridized carbons (Fsp3) is 0.400. The van der Waals surface area contributed by atoms with Gasteiger partial charge in [0.25, 0.3) is 5.91 Å². The van der Waals surface area contributed by atoms with Crippen LogP contribution < -0.4 is 5.32 Å². The number of carbonyl (C=O) groups excluding carboxylic acids is 2. The summed E-state index contributed by atoms with van der Waals surface area (Å²) < 4.78 is 0. The monoisotopic (exact) mass is 290 g/mol. The number of rotatable bonds is 6. The number of carboxylic acid groups (broad SMARTS) is 1. The van der Waals surface area contributed by atoms with E-state index < -0.39 is 5.97 Å². The van der Waals surface area contributed by atoms with Crippen LogP contribution in [0.3, 0.4) is 0 Å². The van der Waals surface area contributed by atoms with Crippen molar-refractivity contribution in [3.63, 3.8) is 0 Å². The lowest BCUT2D eigenvalue weighted by Gasteiger charge is -2.20. The average molecular weight is 290 g/mol. The Labute approximate surface area is 122 Å². The second kappa shape index (κ2) is 6.39. The van der Waals surface area contributed by atoms with Crippen molar-refractivity contribution in [2.45, 2.75) is 19.8 Å². The third-order valence-corrected chi connectivity index (χ3v) is 3.22. The van der Waals surface area contributed by atoms with E-state index in [9.17, 15) is 14.4 Å². The molecular weight excluding hydrogens is 272 g/mol. The van der Waals surface area contributed by atoms with Crippen molar-refractivity contribution in [3.05, 3.63) is 29.8 Å². The van der Waals surface area contributed by atoms with Crippen LogP contribution in [0.5, 0.6) is 0 Å². The Bertz CT molecular complexity index is 567. The Morgan fingerprint density at radius 2 is 2.05 bits per heavy atom. The highest BCUT2D eigenvalue weighted by Gasteiger charge is 2.28. The van der Waals surface area contributed by atoms with Crippen molar-refractivity contribution in [2.75, 3.05) is 18.4 Å². The first-order valence-electron chi connectivity index (χ1n) is 6.84. The lowest BCUT2D eigenvalue weighted by molar-refractivity contribution is -0.137. The third kappa shape index (κ3) is 4.59. The first kappa shape index (κ1) is 15.0. The molecule has 0 aliphatic heterocycles. The number of amides is 2. The van der Waals surface area contributed by atoms with E-state index in [4.69, 9.17) is 5.11 Å². The van der Waals surface area contributed by atoms with Crippen LogP contribution in [0, 0.1) is 5.92 Å². The van der Waals surface area contributed by atoms with Crippen LogP contribution in [0.4, 0.5) is 5.69 Å². The summed E-state index contributed by atoms with van der Waals surface area (Å²) in [5, 5.41) is 11.5. The molecule has 1 aromatic carbocycles. The van der Waals surface area contributed by atoms with E-state index in [1.807, 2.05) is 0 Å². The van der Waals surface area contributed by atoms with Crippen LogP contribution in [0.2, 0.25) is 0 Å². The van der Waals surface area contributed by atoms with Crippen molar-refractivity contribution in [3.8, 4) is 0 Å². The topological polar surface area (TPSA) is 86.7 Å². The Morgan fingerprint density at radius 1 is 1.33 bits per heavy atom. The van der Waals surface area contributed by atoms with E-state index in [1.165, 1.54) is 11.8 Å². The van der Waals surface area contributed by atoms with Crippen molar-refractivity contribution < 1.29 is 19.5 Å². The third-order valence-electron chi connectivity index (χ3n) is 3.22. The van der Waals surface area contributed by atoms with E-state index in [0.29, 0.717) is 23.7 Å². The van der Waals surface area contributed by atoms with E-state index >= 15 is 0 Å².